The van der Waals surface area contributed by atoms with Crippen LogP contribution in [0.5, 0.6) is 0 Å². The Kier molecular flexibility index (Phi) is 4.31. The molecule has 0 bridgehead atoms. The van der Waals surface area contributed by atoms with Gasteiger partial charge in [-0.1, -0.05) is 47.7 Å². The average molecular weight is 346 g/mol. The van der Waals surface area contributed by atoms with E-state index in [1.807, 2.05) is 53.3 Å². The summed E-state index contributed by atoms with van der Waals surface area (Å²) in [6.45, 7) is 1.25. The molecular weight excluding hydrogens is 328 g/mol. The van der Waals surface area contributed by atoms with E-state index in [0.29, 0.717) is 12.1 Å². The van der Waals surface area contributed by atoms with Gasteiger partial charge >= 0.3 is 0 Å². The van der Waals surface area contributed by atoms with Crippen LogP contribution in [0, 0.1) is 0 Å². The third-order valence-electron chi connectivity index (χ3n) is 4.51. The number of unbranched alkanes of at least 4 members (excludes halogenated alkanes) is 1. The third kappa shape index (κ3) is 3.01. The van der Waals surface area contributed by atoms with Crippen LogP contribution >= 0.6 is 0 Å². The predicted molar refractivity (Wildman–Crippen MR) is 97.8 cm³/mol. The standard InChI is InChI=1S/C20H18N4O2/c25-19-16-10-4-5-11-18(16)24(20(19)26)13-7-6-12-23-14-17(21-22-23)15-8-2-1-3-9-15/h1-5,8-11,14H,6-7,12-13H2. The fourth-order valence-electron chi connectivity index (χ4n) is 3.16. The third-order valence-corrected chi connectivity index (χ3v) is 4.51. The number of aryl methyl sites for hydroxylation is 1. The number of hydrogen-bond donors (Lipinski definition) is 0. The molecule has 0 saturated heterocycles. The largest absolute Gasteiger partial charge is 0.305 e. The molecule has 1 amide bonds. The smallest absolute Gasteiger partial charge is 0.299 e. The first kappa shape index (κ1) is 16.2. The van der Waals surface area contributed by atoms with Gasteiger partial charge in [0.25, 0.3) is 11.7 Å². The Balaban J connectivity index is 1.33. The molecule has 2 heterocycles. The number of nitrogens with zero attached hydrogens (tertiary/aromatic N) is 4. The van der Waals surface area contributed by atoms with E-state index in [-0.39, 0.29) is 0 Å². The van der Waals surface area contributed by atoms with Gasteiger partial charge in [0.2, 0.25) is 0 Å². The highest BCUT2D eigenvalue weighted by atomic mass is 16.2. The number of benzene rings is 2. The van der Waals surface area contributed by atoms with Crippen LogP contribution in [-0.2, 0) is 11.3 Å². The van der Waals surface area contributed by atoms with Gasteiger partial charge < -0.3 is 4.90 Å². The van der Waals surface area contributed by atoms with Gasteiger partial charge in [0.15, 0.2) is 0 Å². The molecule has 2 aromatic carbocycles. The van der Waals surface area contributed by atoms with E-state index in [9.17, 15) is 9.59 Å². The van der Waals surface area contributed by atoms with Crippen LogP contribution in [-0.4, -0.2) is 33.2 Å². The minimum absolute atomic E-state index is 0.413. The molecule has 1 aliphatic rings. The molecule has 0 unspecified atom stereocenters. The van der Waals surface area contributed by atoms with Gasteiger partial charge in [-0.2, -0.15) is 0 Å². The number of hydrogen-bond acceptors (Lipinski definition) is 4. The summed E-state index contributed by atoms with van der Waals surface area (Å²) in [5.74, 6) is -0.845. The van der Waals surface area contributed by atoms with Gasteiger partial charge in [-0.15, -0.1) is 5.10 Å². The molecule has 130 valence electrons. The van der Waals surface area contributed by atoms with E-state index in [1.54, 1.807) is 17.0 Å². The number of para-hydroxylation sites is 1. The van der Waals surface area contributed by atoms with Gasteiger partial charge in [-0.25, -0.2) is 0 Å². The van der Waals surface area contributed by atoms with E-state index in [0.717, 1.165) is 36.3 Å². The number of aromatic nitrogens is 3. The second-order valence-corrected chi connectivity index (χ2v) is 6.24. The summed E-state index contributed by atoms with van der Waals surface area (Å²) in [5.41, 5.74) is 3.10. The molecule has 0 aliphatic carbocycles. The zero-order chi connectivity index (χ0) is 17.9. The topological polar surface area (TPSA) is 68.1 Å². The maximum Gasteiger partial charge on any atom is 0.299 e. The first-order valence-electron chi connectivity index (χ1n) is 8.65. The van der Waals surface area contributed by atoms with Gasteiger partial charge in [0.05, 0.1) is 17.4 Å². The molecule has 1 aliphatic heterocycles. The van der Waals surface area contributed by atoms with Gasteiger partial charge in [0, 0.05) is 18.7 Å². The van der Waals surface area contributed by atoms with Crippen LogP contribution in [0.4, 0.5) is 5.69 Å². The molecule has 6 heteroatoms. The maximum atomic E-state index is 12.1. The van der Waals surface area contributed by atoms with Crippen LogP contribution in [0.3, 0.4) is 0 Å². The van der Waals surface area contributed by atoms with Gasteiger partial charge in [-0.3, -0.25) is 14.3 Å². The summed E-state index contributed by atoms with van der Waals surface area (Å²) >= 11 is 0. The Labute approximate surface area is 151 Å². The molecule has 0 fully saturated rings. The van der Waals surface area contributed by atoms with Crippen molar-refractivity contribution in [1.29, 1.82) is 0 Å². The molecule has 0 saturated carbocycles. The Morgan fingerprint density at radius 1 is 0.846 bits per heavy atom. The number of Topliss-reactive ketones (excluding diaryl/α,β-unsaturated/α-hetero) is 1. The number of ketones is 1. The lowest BCUT2D eigenvalue weighted by Gasteiger charge is -2.16. The minimum atomic E-state index is -0.432. The molecule has 0 spiro atoms. The molecule has 0 N–H and O–H groups in total. The van der Waals surface area contributed by atoms with Crippen molar-refractivity contribution in [2.75, 3.05) is 11.4 Å². The van der Waals surface area contributed by atoms with Crippen LogP contribution < -0.4 is 4.90 Å². The van der Waals surface area contributed by atoms with Gasteiger partial charge in [0.1, 0.15) is 5.69 Å². The van der Waals surface area contributed by atoms with E-state index in [1.165, 1.54) is 0 Å². The number of amides is 1. The molecule has 4 rings (SSSR count). The van der Waals surface area contributed by atoms with Crippen molar-refractivity contribution in [3.8, 4) is 11.3 Å². The summed E-state index contributed by atoms with van der Waals surface area (Å²) in [6, 6.07) is 17.1. The number of carbonyl (C=O) groups excluding carboxylic acids is 2. The fourth-order valence-corrected chi connectivity index (χ4v) is 3.16. The Hall–Kier alpha value is -3.28. The average Bonchev–Trinajstić information content (AvgIpc) is 3.25. The van der Waals surface area contributed by atoms with Crippen molar-refractivity contribution in [2.24, 2.45) is 0 Å². The summed E-state index contributed by atoms with van der Waals surface area (Å²) in [7, 11) is 0. The van der Waals surface area contributed by atoms with E-state index in [4.69, 9.17) is 0 Å². The first-order chi connectivity index (χ1) is 12.7. The van der Waals surface area contributed by atoms with E-state index < -0.39 is 11.7 Å². The highest BCUT2D eigenvalue weighted by Gasteiger charge is 2.34. The highest BCUT2D eigenvalue weighted by Crippen LogP contribution is 2.28. The SMILES string of the molecule is O=C1C(=O)N(CCCCn2cc(-c3ccccc3)nn2)c2ccccc21. The Morgan fingerprint density at radius 2 is 1.58 bits per heavy atom. The molecule has 1 aromatic heterocycles. The number of carbonyl (C=O) groups is 2. The molecule has 0 radical (unpaired) electrons. The van der Waals surface area contributed by atoms with Crippen molar-refractivity contribution >= 4 is 17.4 Å². The summed E-state index contributed by atoms with van der Waals surface area (Å²) in [4.78, 5) is 25.7. The highest BCUT2D eigenvalue weighted by molar-refractivity contribution is 6.52. The minimum Gasteiger partial charge on any atom is -0.305 e. The molecule has 3 aromatic rings. The number of rotatable bonds is 6. The fraction of sp³-hybridized carbons (Fsp3) is 0.200. The van der Waals surface area contributed by atoms with Crippen molar-refractivity contribution in [3.05, 3.63) is 66.4 Å². The Morgan fingerprint density at radius 3 is 2.42 bits per heavy atom. The molecular formula is C20H18N4O2. The van der Waals surface area contributed by atoms with E-state index in [2.05, 4.69) is 10.3 Å². The lowest BCUT2D eigenvalue weighted by Crippen LogP contribution is -2.30. The van der Waals surface area contributed by atoms with Crippen molar-refractivity contribution < 1.29 is 9.59 Å². The van der Waals surface area contributed by atoms with Crippen molar-refractivity contribution in [2.45, 2.75) is 19.4 Å². The number of fused-ring (bicyclic) bond motifs is 1. The quantitative estimate of drug-likeness (QED) is 0.508. The monoisotopic (exact) mass is 346 g/mol. The zero-order valence-corrected chi connectivity index (χ0v) is 14.2. The predicted octanol–water partition coefficient (Wildman–Crippen LogP) is 2.95. The Bertz CT molecular complexity index is 949. The maximum absolute atomic E-state index is 12.1. The van der Waals surface area contributed by atoms with Crippen molar-refractivity contribution in [3.63, 3.8) is 0 Å². The lowest BCUT2D eigenvalue weighted by molar-refractivity contribution is -0.114. The molecule has 0 atom stereocenters. The molecule has 26 heavy (non-hydrogen) atoms. The normalized spacial score (nSPS) is 13.3. The number of anilines is 1. The summed E-state index contributed by atoms with van der Waals surface area (Å²) in [5, 5.41) is 8.36. The summed E-state index contributed by atoms with van der Waals surface area (Å²) in [6.07, 6.45) is 3.56. The van der Waals surface area contributed by atoms with Gasteiger partial charge in [-0.05, 0) is 25.0 Å². The van der Waals surface area contributed by atoms with Crippen LogP contribution in [0.2, 0.25) is 0 Å². The van der Waals surface area contributed by atoms with Crippen molar-refractivity contribution in [1.82, 2.24) is 15.0 Å². The van der Waals surface area contributed by atoms with E-state index >= 15 is 0 Å². The zero-order valence-electron chi connectivity index (χ0n) is 14.2. The summed E-state index contributed by atoms with van der Waals surface area (Å²) < 4.78 is 1.81. The second-order valence-electron chi connectivity index (χ2n) is 6.24. The molecule has 6 nitrogen and oxygen atoms in total. The lowest BCUT2D eigenvalue weighted by atomic mass is 10.1. The van der Waals surface area contributed by atoms with Crippen LogP contribution in [0.25, 0.3) is 11.3 Å². The van der Waals surface area contributed by atoms with Crippen LogP contribution in [0.15, 0.2) is 60.8 Å². The first-order valence-corrected chi connectivity index (χ1v) is 8.65. The van der Waals surface area contributed by atoms with Crippen LogP contribution in [0.1, 0.15) is 23.2 Å². The second kappa shape index (κ2) is 6.92.